The summed E-state index contributed by atoms with van der Waals surface area (Å²) in [6.07, 6.45) is 8.05. The summed E-state index contributed by atoms with van der Waals surface area (Å²) >= 11 is 0. The molecule has 3 rings (SSSR count). The zero-order valence-electron chi connectivity index (χ0n) is 16.7. The Morgan fingerprint density at radius 3 is 2.54 bits per heavy atom. The number of ether oxygens (including phenoxy) is 1. The summed E-state index contributed by atoms with van der Waals surface area (Å²) in [5, 5.41) is 4.29. The molecule has 0 N–H and O–H groups in total. The van der Waals surface area contributed by atoms with E-state index in [0.717, 1.165) is 32.4 Å². The van der Waals surface area contributed by atoms with Gasteiger partial charge in [-0.2, -0.15) is 0 Å². The Bertz CT molecular complexity index is 508. The van der Waals surface area contributed by atoms with Crippen LogP contribution in [0.25, 0.3) is 0 Å². The number of piperidine rings is 1. The molecule has 0 aromatic rings. The molecule has 0 radical (unpaired) electrons. The van der Waals surface area contributed by atoms with Crippen LogP contribution in [0.3, 0.4) is 0 Å². The monoisotopic (exact) mass is 365 g/mol. The van der Waals surface area contributed by atoms with Crippen LogP contribution in [-0.2, 0) is 9.57 Å². The number of carbonyl (C=O) groups excluding carboxylic acids is 1. The van der Waals surface area contributed by atoms with E-state index in [9.17, 15) is 4.79 Å². The third-order valence-electron chi connectivity index (χ3n) is 6.53. The molecule has 1 saturated carbocycles. The van der Waals surface area contributed by atoms with Crippen LogP contribution in [0.4, 0.5) is 4.79 Å². The second-order valence-corrected chi connectivity index (χ2v) is 8.26. The van der Waals surface area contributed by atoms with Gasteiger partial charge in [-0.3, -0.25) is 0 Å². The largest absolute Gasteiger partial charge is 0.450 e. The number of carbonyl (C=O) groups is 1. The fraction of sp³-hybridized carbons (Fsp3) is 0.900. The number of oxime groups is 1. The number of likely N-dealkylation sites (tertiary alicyclic amines) is 2. The molecule has 1 spiro atoms. The molecule has 148 valence electrons. The Morgan fingerprint density at radius 2 is 1.92 bits per heavy atom. The molecular formula is C20H35N3O3. The van der Waals surface area contributed by atoms with E-state index in [0.29, 0.717) is 24.0 Å². The topological polar surface area (TPSA) is 54.4 Å². The molecule has 1 aliphatic carbocycles. The number of amides is 1. The third kappa shape index (κ3) is 4.16. The second-order valence-electron chi connectivity index (χ2n) is 8.26. The Hall–Kier alpha value is -1.30. The zero-order valence-corrected chi connectivity index (χ0v) is 16.7. The van der Waals surface area contributed by atoms with Gasteiger partial charge in [0.1, 0.15) is 7.11 Å². The lowest BCUT2D eigenvalue weighted by atomic mass is 9.64. The molecule has 0 aromatic carbocycles. The molecule has 6 nitrogen and oxygen atoms in total. The van der Waals surface area contributed by atoms with E-state index in [-0.39, 0.29) is 6.09 Å². The Kier molecular flexibility index (Phi) is 6.43. The van der Waals surface area contributed by atoms with E-state index in [1.54, 1.807) is 7.11 Å². The van der Waals surface area contributed by atoms with Crippen molar-refractivity contribution < 1.29 is 14.4 Å². The van der Waals surface area contributed by atoms with Gasteiger partial charge in [0.15, 0.2) is 0 Å². The zero-order chi connectivity index (χ0) is 18.6. The van der Waals surface area contributed by atoms with E-state index in [1.807, 2.05) is 11.8 Å². The molecule has 3 aliphatic rings. The molecule has 0 bridgehead atoms. The molecule has 26 heavy (non-hydrogen) atoms. The molecule has 0 aromatic heterocycles. The lowest BCUT2D eigenvalue weighted by Crippen LogP contribution is -2.54. The average Bonchev–Trinajstić information content (AvgIpc) is 3.07. The summed E-state index contributed by atoms with van der Waals surface area (Å²) in [4.78, 5) is 21.6. The number of rotatable bonds is 6. The number of hydrogen-bond donors (Lipinski definition) is 0. The van der Waals surface area contributed by atoms with Crippen LogP contribution >= 0.6 is 0 Å². The molecule has 3 fully saturated rings. The van der Waals surface area contributed by atoms with Crippen LogP contribution in [-0.4, -0.2) is 67.5 Å². The SMILES string of the molecule is CCC/C(=N\OC)C1CCN(C2CC3(CCN(C(=O)OCC)C3)C2)CC1. The van der Waals surface area contributed by atoms with Gasteiger partial charge >= 0.3 is 6.09 Å². The highest BCUT2D eigenvalue weighted by atomic mass is 16.6. The van der Waals surface area contributed by atoms with Gasteiger partial charge in [0.2, 0.25) is 0 Å². The summed E-state index contributed by atoms with van der Waals surface area (Å²) in [5.41, 5.74) is 1.61. The first-order valence-electron chi connectivity index (χ1n) is 10.4. The minimum absolute atomic E-state index is 0.130. The van der Waals surface area contributed by atoms with Gasteiger partial charge in [0.05, 0.1) is 12.3 Å². The van der Waals surface area contributed by atoms with Crippen molar-refractivity contribution in [3.05, 3.63) is 0 Å². The van der Waals surface area contributed by atoms with Crippen molar-refractivity contribution in [2.75, 3.05) is 39.9 Å². The summed E-state index contributed by atoms with van der Waals surface area (Å²) in [5.74, 6) is 0.589. The van der Waals surface area contributed by atoms with Crippen molar-refractivity contribution in [3.8, 4) is 0 Å². The molecule has 2 aliphatic heterocycles. The second kappa shape index (κ2) is 8.59. The van der Waals surface area contributed by atoms with Gasteiger partial charge in [0, 0.05) is 25.0 Å². The summed E-state index contributed by atoms with van der Waals surface area (Å²) < 4.78 is 5.16. The van der Waals surface area contributed by atoms with Crippen LogP contribution in [0.2, 0.25) is 0 Å². The lowest BCUT2D eigenvalue weighted by Gasteiger charge is -2.51. The van der Waals surface area contributed by atoms with E-state index in [2.05, 4.69) is 17.0 Å². The first-order valence-corrected chi connectivity index (χ1v) is 10.4. The highest BCUT2D eigenvalue weighted by Crippen LogP contribution is 2.50. The normalized spacial score (nSPS) is 30.5. The maximum atomic E-state index is 11.9. The van der Waals surface area contributed by atoms with Gasteiger partial charge in [-0.1, -0.05) is 18.5 Å². The number of hydrogen-bond acceptors (Lipinski definition) is 5. The van der Waals surface area contributed by atoms with Gasteiger partial charge in [-0.05, 0) is 64.0 Å². The third-order valence-corrected chi connectivity index (χ3v) is 6.53. The van der Waals surface area contributed by atoms with Crippen LogP contribution in [0.15, 0.2) is 5.16 Å². The van der Waals surface area contributed by atoms with Crippen LogP contribution in [0, 0.1) is 11.3 Å². The lowest BCUT2D eigenvalue weighted by molar-refractivity contribution is -0.00567. The molecule has 0 atom stereocenters. The summed E-state index contributed by atoms with van der Waals surface area (Å²) in [7, 11) is 1.65. The Labute approximate surface area is 157 Å². The van der Waals surface area contributed by atoms with Crippen LogP contribution < -0.4 is 0 Å². The van der Waals surface area contributed by atoms with Crippen molar-refractivity contribution >= 4 is 11.8 Å². The van der Waals surface area contributed by atoms with Crippen LogP contribution in [0.5, 0.6) is 0 Å². The highest BCUT2D eigenvalue weighted by molar-refractivity contribution is 5.86. The minimum atomic E-state index is -0.130. The summed E-state index contributed by atoms with van der Waals surface area (Å²) in [6, 6.07) is 0.701. The van der Waals surface area contributed by atoms with Crippen molar-refractivity contribution in [2.24, 2.45) is 16.5 Å². The van der Waals surface area contributed by atoms with Crippen molar-refractivity contribution in [2.45, 2.75) is 64.8 Å². The minimum Gasteiger partial charge on any atom is -0.450 e. The predicted molar refractivity (Wildman–Crippen MR) is 102 cm³/mol. The van der Waals surface area contributed by atoms with E-state index in [1.165, 1.54) is 44.5 Å². The molecular weight excluding hydrogens is 330 g/mol. The van der Waals surface area contributed by atoms with Crippen molar-refractivity contribution in [1.82, 2.24) is 9.80 Å². The van der Waals surface area contributed by atoms with Gasteiger partial charge in [0.25, 0.3) is 0 Å². The Morgan fingerprint density at radius 1 is 1.19 bits per heavy atom. The molecule has 1 amide bonds. The standard InChI is InChI=1S/C20H35N3O3/c1-4-6-18(21-25-3)16-7-10-22(11-8-16)17-13-20(14-17)9-12-23(15-20)19(24)26-5-2/h16-17H,4-15H2,1-3H3/b21-18+. The molecule has 6 heteroatoms. The first kappa shape index (κ1) is 19.5. The molecule has 0 unspecified atom stereocenters. The van der Waals surface area contributed by atoms with E-state index in [4.69, 9.17) is 9.57 Å². The molecule has 2 saturated heterocycles. The van der Waals surface area contributed by atoms with Gasteiger partial charge in [-0.25, -0.2) is 4.79 Å². The van der Waals surface area contributed by atoms with Crippen LogP contribution in [0.1, 0.15) is 58.8 Å². The fourth-order valence-corrected chi connectivity index (χ4v) is 5.13. The highest BCUT2D eigenvalue weighted by Gasteiger charge is 2.51. The maximum Gasteiger partial charge on any atom is 0.409 e. The first-order chi connectivity index (χ1) is 12.6. The van der Waals surface area contributed by atoms with Crippen molar-refractivity contribution in [1.29, 1.82) is 0 Å². The predicted octanol–water partition coefficient (Wildman–Crippen LogP) is 3.51. The Balaban J connectivity index is 1.44. The van der Waals surface area contributed by atoms with E-state index >= 15 is 0 Å². The average molecular weight is 366 g/mol. The quantitative estimate of drug-likeness (QED) is 0.534. The molecule has 2 heterocycles. The summed E-state index contributed by atoms with van der Waals surface area (Å²) in [6.45, 7) is 8.62. The fourth-order valence-electron chi connectivity index (χ4n) is 5.13. The van der Waals surface area contributed by atoms with Crippen molar-refractivity contribution in [3.63, 3.8) is 0 Å². The maximum absolute atomic E-state index is 11.9. The van der Waals surface area contributed by atoms with Gasteiger partial charge in [-0.15, -0.1) is 0 Å². The smallest absolute Gasteiger partial charge is 0.409 e. The van der Waals surface area contributed by atoms with E-state index < -0.39 is 0 Å². The number of nitrogens with zero attached hydrogens (tertiary/aromatic N) is 3. The van der Waals surface area contributed by atoms with Gasteiger partial charge < -0.3 is 19.4 Å².